The van der Waals surface area contributed by atoms with Gasteiger partial charge in [-0.3, -0.25) is 4.39 Å². The monoisotopic (exact) mass is 302 g/mol. The van der Waals surface area contributed by atoms with Crippen LogP contribution >= 0.6 is 0 Å². The fourth-order valence-corrected chi connectivity index (χ4v) is 6.90. The van der Waals surface area contributed by atoms with E-state index in [0.717, 1.165) is 24.2 Å². The Hall–Kier alpha value is -0.590. The number of fused-ring (bicyclic) bond motifs is 5. The zero-order chi connectivity index (χ0) is 15.4. The summed E-state index contributed by atoms with van der Waals surface area (Å²) in [6.45, 7) is 4.90. The number of rotatable bonds is 2. The summed E-state index contributed by atoms with van der Waals surface area (Å²) in [5.41, 5.74) is 2.46. The maximum absolute atomic E-state index is 13.0. The maximum Gasteiger partial charge on any atom is 0.0897 e. The predicted molar refractivity (Wildman–Crippen MR) is 90.3 cm³/mol. The summed E-state index contributed by atoms with van der Waals surface area (Å²) in [4.78, 5) is 0. The third-order valence-corrected chi connectivity index (χ3v) is 8.23. The molecule has 0 nitrogen and oxygen atoms in total. The molecule has 0 unspecified atom stereocenters. The van der Waals surface area contributed by atoms with E-state index >= 15 is 0 Å². The van der Waals surface area contributed by atoms with Crippen LogP contribution in [0.3, 0.4) is 0 Å². The second-order valence-corrected chi connectivity index (χ2v) is 8.92. The summed E-state index contributed by atoms with van der Waals surface area (Å²) in [6, 6.07) is 0. The maximum atomic E-state index is 13.0. The molecule has 0 saturated heterocycles. The van der Waals surface area contributed by atoms with Gasteiger partial charge in [0.25, 0.3) is 0 Å². The van der Waals surface area contributed by atoms with Crippen molar-refractivity contribution in [3.8, 4) is 0 Å². The van der Waals surface area contributed by atoms with Crippen LogP contribution in [0.5, 0.6) is 0 Å². The van der Waals surface area contributed by atoms with E-state index in [0.29, 0.717) is 16.7 Å². The summed E-state index contributed by atoms with van der Waals surface area (Å²) < 4.78 is 13.0. The minimum atomic E-state index is -0.123. The summed E-state index contributed by atoms with van der Waals surface area (Å²) in [7, 11) is 0. The van der Waals surface area contributed by atoms with Gasteiger partial charge >= 0.3 is 0 Å². The first-order chi connectivity index (χ1) is 10.6. The Morgan fingerprint density at radius 3 is 2.82 bits per heavy atom. The second-order valence-electron chi connectivity index (χ2n) is 8.92. The first-order valence-corrected chi connectivity index (χ1v) is 9.54. The van der Waals surface area contributed by atoms with Crippen LogP contribution in [0.2, 0.25) is 0 Å². The predicted octanol–water partition coefficient (Wildman–Crippen LogP) is 6.09. The van der Waals surface area contributed by atoms with Crippen LogP contribution in [-0.4, -0.2) is 6.67 Å². The van der Waals surface area contributed by atoms with E-state index < -0.39 is 0 Å². The molecule has 0 heterocycles. The summed E-state index contributed by atoms with van der Waals surface area (Å²) >= 11 is 0. The molecule has 0 radical (unpaired) electrons. The van der Waals surface area contributed by atoms with Gasteiger partial charge in [0.05, 0.1) is 6.67 Å². The molecule has 0 aromatic heterocycles. The highest BCUT2D eigenvalue weighted by molar-refractivity contribution is 5.35. The normalized spacial score (nSPS) is 50.0. The molecule has 1 heteroatoms. The first-order valence-electron chi connectivity index (χ1n) is 9.54. The SMILES string of the molecule is C[C@]12CC[C@H]3[C@@H](C=CC4=CCCC[C@@]43C)[C@@H]1CC[C@@H]2CCF. The van der Waals surface area contributed by atoms with Gasteiger partial charge < -0.3 is 0 Å². The van der Waals surface area contributed by atoms with Crippen molar-refractivity contribution in [3.63, 3.8) is 0 Å². The Morgan fingerprint density at radius 2 is 2.00 bits per heavy atom. The van der Waals surface area contributed by atoms with Crippen molar-refractivity contribution >= 4 is 0 Å². The third-order valence-electron chi connectivity index (χ3n) is 8.23. The van der Waals surface area contributed by atoms with Crippen LogP contribution in [-0.2, 0) is 0 Å². The summed E-state index contributed by atoms with van der Waals surface area (Å²) in [6.07, 6.45) is 17.6. The van der Waals surface area contributed by atoms with Crippen LogP contribution in [0.25, 0.3) is 0 Å². The fraction of sp³-hybridized carbons (Fsp3) is 0.810. The zero-order valence-electron chi connectivity index (χ0n) is 14.3. The van der Waals surface area contributed by atoms with Crippen LogP contribution in [0, 0.1) is 34.5 Å². The van der Waals surface area contributed by atoms with Gasteiger partial charge in [-0.2, -0.15) is 0 Å². The largest absolute Gasteiger partial charge is 0.251 e. The van der Waals surface area contributed by atoms with Gasteiger partial charge in [-0.1, -0.05) is 32.1 Å². The van der Waals surface area contributed by atoms with E-state index in [1.807, 2.05) is 0 Å². The van der Waals surface area contributed by atoms with Crippen LogP contribution in [0.4, 0.5) is 4.39 Å². The molecule has 0 amide bonds. The lowest BCUT2D eigenvalue weighted by atomic mass is 9.48. The van der Waals surface area contributed by atoms with Crippen molar-refractivity contribution < 1.29 is 4.39 Å². The third kappa shape index (κ3) is 1.93. The van der Waals surface area contributed by atoms with Crippen LogP contribution in [0.1, 0.15) is 65.2 Å². The Labute approximate surface area is 135 Å². The van der Waals surface area contributed by atoms with E-state index in [9.17, 15) is 4.39 Å². The second kappa shape index (κ2) is 5.21. The molecule has 4 rings (SSSR count). The van der Waals surface area contributed by atoms with Crippen molar-refractivity contribution in [3.05, 3.63) is 23.8 Å². The van der Waals surface area contributed by atoms with Gasteiger partial charge in [-0.25, -0.2) is 0 Å². The molecule has 0 aromatic carbocycles. The van der Waals surface area contributed by atoms with Crippen molar-refractivity contribution in [1.82, 2.24) is 0 Å². The minimum absolute atomic E-state index is 0.123. The van der Waals surface area contributed by atoms with Crippen molar-refractivity contribution in [2.45, 2.75) is 65.2 Å². The van der Waals surface area contributed by atoms with Gasteiger partial charge in [-0.15, -0.1) is 0 Å². The lowest BCUT2D eigenvalue weighted by Gasteiger charge is -2.56. The van der Waals surface area contributed by atoms with E-state index in [2.05, 4.69) is 32.1 Å². The Bertz CT molecular complexity index is 504. The summed E-state index contributed by atoms with van der Waals surface area (Å²) in [5, 5.41) is 0. The highest BCUT2D eigenvalue weighted by atomic mass is 19.1. The summed E-state index contributed by atoms with van der Waals surface area (Å²) in [5.74, 6) is 3.03. The van der Waals surface area contributed by atoms with Gasteiger partial charge in [-0.05, 0) is 91.4 Å². The fourth-order valence-electron chi connectivity index (χ4n) is 6.90. The van der Waals surface area contributed by atoms with Gasteiger partial charge in [0.2, 0.25) is 0 Å². The number of allylic oxidation sites excluding steroid dienone is 4. The molecule has 0 aromatic rings. The smallest absolute Gasteiger partial charge is 0.0897 e. The van der Waals surface area contributed by atoms with Gasteiger partial charge in [0.1, 0.15) is 0 Å². The molecule has 2 saturated carbocycles. The average Bonchev–Trinajstić information content (AvgIpc) is 2.84. The van der Waals surface area contributed by atoms with E-state index in [-0.39, 0.29) is 6.67 Å². The van der Waals surface area contributed by atoms with E-state index in [1.54, 1.807) is 5.57 Å². The topological polar surface area (TPSA) is 0 Å². The van der Waals surface area contributed by atoms with E-state index in [1.165, 1.54) is 44.9 Å². The zero-order valence-corrected chi connectivity index (χ0v) is 14.3. The quantitative estimate of drug-likeness (QED) is 0.579. The molecular formula is C21H31F. The van der Waals surface area contributed by atoms with Crippen molar-refractivity contribution in [2.24, 2.45) is 34.5 Å². The highest BCUT2D eigenvalue weighted by Gasteiger charge is 2.57. The number of alkyl halides is 1. The molecule has 6 atom stereocenters. The van der Waals surface area contributed by atoms with Gasteiger partial charge in [0, 0.05) is 0 Å². The average molecular weight is 302 g/mol. The Morgan fingerprint density at radius 1 is 1.14 bits per heavy atom. The molecule has 0 N–H and O–H groups in total. The molecule has 4 aliphatic rings. The lowest BCUT2D eigenvalue weighted by Crippen LogP contribution is -2.48. The van der Waals surface area contributed by atoms with E-state index in [4.69, 9.17) is 0 Å². The molecule has 0 spiro atoms. The molecule has 0 aliphatic heterocycles. The van der Waals surface area contributed by atoms with Gasteiger partial charge in [0.15, 0.2) is 0 Å². The Kier molecular flexibility index (Phi) is 3.55. The lowest BCUT2D eigenvalue weighted by molar-refractivity contribution is -0.0173. The highest BCUT2D eigenvalue weighted by Crippen LogP contribution is 2.65. The van der Waals surface area contributed by atoms with Crippen molar-refractivity contribution in [2.75, 3.05) is 6.67 Å². The van der Waals surface area contributed by atoms with Crippen LogP contribution < -0.4 is 0 Å². The molecule has 0 bridgehead atoms. The number of hydrogen-bond acceptors (Lipinski definition) is 0. The molecule has 2 fully saturated rings. The Balaban J connectivity index is 1.67. The van der Waals surface area contributed by atoms with Crippen LogP contribution in [0.15, 0.2) is 23.8 Å². The number of hydrogen-bond donors (Lipinski definition) is 0. The van der Waals surface area contributed by atoms with Crippen molar-refractivity contribution in [1.29, 1.82) is 0 Å². The molecule has 122 valence electrons. The molecular weight excluding hydrogens is 271 g/mol. The minimum Gasteiger partial charge on any atom is -0.251 e. The first kappa shape index (κ1) is 15.0. The standard InChI is InChI=1S/C21H31F/c1-20-12-4-3-5-15(20)6-8-17-18-9-7-16(11-14-22)21(18,2)13-10-19(17)20/h5-6,8,16-19H,3-4,7,9-14H2,1-2H3/t16-,17+,18+,19+,20+,21-/m1/s1. The molecule has 4 aliphatic carbocycles. The molecule has 22 heavy (non-hydrogen) atoms. The number of halogens is 1.